The highest BCUT2D eigenvalue weighted by Crippen LogP contribution is 2.35. The highest BCUT2D eigenvalue weighted by molar-refractivity contribution is 5.64. The van der Waals surface area contributed by atoms with E-state index in [1.807, 2.05) is 25.1 Å². The van der Waals surface area contributed by atoms with Crippen LogP contribution < -0.4 is 4.74 Å². The molecule has 2 rings (SSSR count). The monoisotopic (exact) mass is 204 g/mol. The van der Waals surface area contributed by atoms with Crippen molar-refractivity contribution in [2.75, 3.05) is 7.11 Å². The van der Waals surface area contributed by atoms with Gasteiger partial charge in [-0.05, 0) is 29.7 Å². The van der Waals surface area contributed by atoms with Crippen molar-refractivity contribution in [1.29, 1.82) is 0 Å². The van der Waals surface area contributed by atoms with Crippen LogP contribution in [-0.4, -0.2) is 18.3 Å². The molecule has 1 aliphatic rings. The van der Waals surface area contributed by atoms with E-state index in [4.69, 9.17) is 4.74 Å². The Labute approximate surface area is 90.2 Å². The van der Waals surface area contributed by atoms with Gasteiger partial charge in [0.05, 0.1) is 13.2 Å². The van der Waals surface area contributed by atoms with Gasteiger partial charge in [0.2, 0.25) is 0 Å². The minimum absolute atomic E-state index is 0.125. The molecule has 0 saturated carbocycles. The van der Waals surface area contributed by atoms with Gasteiger partial charge in [0, 0.05) is 5.92 Å². The molecule has 1 aromatic carbocycles. The fraction of sp³-hybridized carbons (Fsp3) is 0.385. The molecule has 0 fully saturated rings. The molecular weight excluding hydrogens is 188 g/mol. The molecule has 1 aromatic rings. The smallest absolute Gasteiger partial charge is 0.119 e. The fourth-order valence-electron chi connectivity index (χ4n) is 2.02. The average molecular weight is 204 g/mol. The molecule has 2 heteroatoms. The zero-order valence-electron chi connectivity index (χ0n) is 9.10. The summed E-state index contributed by atoms with van der Waals surface area (Å²) >= 11 is 0. The number of aliphatic hydroxyl groups excluding tert-OH is 1. The molecule has 1 N–H and O–H groups in total. The summed E-state index contributed by atoms with van der Waals surface area (Å²) in [6.07, 6.45) is 4.61. The van der Waals surface area contributed by atoms with Gasteiger partial charge >= 0.3 is 0 Å². The third-order valence-electron chi connectivity index (χ3n) is 2.97. The van der Waals surface area contributed by atoms with Gasteiger partial charge in [-0.25, -0.2) is 0 Å². The summed E-state index contributed by atoms with van der Waals surface area (Å²) in [6.45, 7) is 2.00. The third kappa shape index (κ3) is 1.77. The van der Waals surface area contributed by atoms with Gasteiger partial charge < -0.3 is 9.84 Å². The SMILES string of the molecule is CCC(O)C1C=Cc2ccc(OC)cc21. The number of methoxy groups -OCH3 is 1. The van der Waals surface area contributed by atoms with Gasteiger partial charge in [-0.3, -0.25) is 0 Å². The molecule has 2 unspecified atom stereocenters. The number of hydrogen-bond donors (Lipinski definition) is 1. The highest BCUT2D eigenvalue weighted by atomic mass is 16.5. The maximum absolute atomic E-state index is 9.88. The van der Waals surface area contributed by atoms with E-state index in [0.29, 0.717) is 0 Å². The summed E-state index contributed by atoms with van der Waals surface area (Å²) in [4.78, 5) is 0. The van der Waals surface area contributed by atoms with Crippen LogP contribution in [0.3, 0.4) is 0 Å². The second-order valence-electron chi connectivity index (χ2n) is 3.86. The van der Waals surface area contributed by atoms with Gasteiger partial charge in [-0.1, -0.05) is 25.1 Å². The summed E-state index contributed by atoms with van der Waals surface area (Å²) in [5.41, 5.74) is 2.36. The first-order chi connectivity index (χ1) is 7.26. The molecule has 0 aromatic heterocycles. The third-order valence-corrected chi connectivity index (χ3v) is 2.97. The molecule has 0 radical (unpaired) electrons. The zero-order chi connectivity index (χ0) is 10.8. The average Bonchev–Trinajstić information content (AvgIpc) is 2.70. The summed E-state index contributed by atoms with van der Waals surface area (Å²) in [5, 5.41) is 9.88. The number of hydrogen-bond acceptors (Lipinski definition) is 2. The molecular formula is C13H16O2. The Morgan fingerprint density at radius 2 is 2.27 bits per heavy atom. The van der Waals surface area contributed by atoms with Crippen LogP contribution >= 0.6 is 0 Å². The lowest BCUT2D eigenvalue weighted by Gasteiger charge is -2.17. The number of fused-ring (bicyclic) bond motifs is 1. The van der Waals surface area contributed by atoms with Crippen LogP contribution in [0.15, 0.2) is 24.3 Å². The van der Waals surface area contributed by atoms with Crippen molar-refractivity contribution >= 4 is 6.08 Å². The zero-order valence-corrected chi connectivity index (χ0v) is 9.10. The van der Waals surface area contributed by atoms with Crippen molar-refractivity contribution < 1.29 is 9.84 Å². The van der Waals surface area contributed by atoms with E-state index >= 15 is 0 Å². The summed E-state index contributed by atoms with van der Waals surface area (Å²) in [7, 11) is 1.66. The molecule has 2 nitrogen and oxygen atoms in total. The van der Waals surface area contributed by atoms with Crippen molar-refractivity contribution in [3.8, 4) is 5.75 Å². The van der Waals surface area contributed by atoms with Crippen LogP contribution in [0, 0.1) is 0 Å². The second-order valence-corrected chi connectivity index (χ2v) is 3.86. The van der Waals surface area contributed by atoms with E-state index in [0.717, 1.165) is 12.2 Å². The largest absolute Gasteiger partial charge is 0.497 e. The van der Waals surface area contributed by atoms with Gasteiger partial charge in [-0.2, -0.15) is 0 Å². The molecule has 0 heterocycles. The Hall–Kier alpha value is -1.28. The van der Waals surface area contributed by atoms with Crippen LogP contribution in [0.4, 0.5) is 0 Å². The standard InChI is InChI=1S/C13H16O2/c1-3-13(14)11-7-5-9-4-6-10(15-2)8-12(9)11/h4-8,11,13-14H,3H2,1-2H3. The van der Waals surface area contributed by atoms with E-state index in [2.05, 4.69) is 12.2 Å². The van der Waals surface area contributed by atoms with E-state index in [1.54, 1.807) is 7.11 Å². The van der Waals surface area contributed by atoms with Gasteiger partial charge in [-0.15, -0.1) is 0 Å². The first-order valence-electron chi connectivity index (χ1n) is 5.30. The van der Waals surface area contributed by atoms with Crippen LogP contribution in [0.5, 0.6) is 5.75 Å². The van der Waals surface area contributed by atoms with Crippen molar-refractivity contribution in [1.82, 2.24) is 0 Å². The second kappa shape index (κ2) is 4.07. The van der Waals surface area contributed by atoms with E-state index in [9.17, 15) is 5.11 Å². The Balaban J connectivity index is 2.35. The molecule has 80 valence electrons. The summed E-state index contributed by atoms with van der Waals surface area (Å²) in [6, 6.07) is 6.00. The van der Waals surface area contributed by atoms with Crippen LogP contribution in [0.25, 0.3) is 6.08 Å². The Morgan fingerprint density at radius 3 is 2.93 bits per heavy atom. The number of ether oxygens (including phenoxy) is 1. The van der Waals surface area contributed by atoms with Crippen molar-refractivity contribution in [2.24, 2.45) is 0 Å². The first-order valence-corrected chi connectivity index (χ1v) is 5.30. The molecule has 1 aliphatic carbocycles. The maximum atomic E-state index is 9.88. The Bertz CT molecular complexity index is 382. The number of rotatable bonds is 3. The van der Waals surface area contributed by atoms with Gasteiger partial charge in [0.1, 0.15) is 5.75 Å². The van der Waals surface area contributed by atoms with Crippen molar-refractivity contribution in [3.63, 3.8) is 0 Å². The summed E-state index contributed by atoms with van der Waals surface area (Å²) < 4.78 is 5.19. The quantitative estimate of drug-likeness (QED) is 0.820. The molecule has 2 atom stereocenters. The lowest BCUT2D eigenvalue weighted by Crippen LogP contribution is -2.14. The van der Waals surface area contributed by atoms with Crippen molar-refractivity contribution in [3.05, 3.63) is 35.4 Å². The predicted molar refractivity (Wildman–Crippen MR) is 61.1 cm³/mol. The lowest BCUT2D eigenvalue weighted by molar-refractivity contribution is 0.156. The maximum Gasteiger partial charge on any atom is 0.119 e. The van der Waals surface area contributed by atoms with Crippen molar-refractivity contribution in [2.45, 2.75) is 25.4 Å². The molecule has 0 spiro atoms. The lowest BCUT2D eigenvalue weighted by atomic mass is 9.94. The minimum Gasteiger partial charge on any atom is -0.497 e. The topological polar surface area (TPSA) is 29.5 Å². The molecule has 0 aliphatic heterocycles. The molecule has 0 amide bonds. The van der Waals surface area contributed by atoms with E-state index < -0.39 is 0 Å². The molecule has 0 saturated heterocycles. The van der Waals surface area contributed by atoms with Crippen LogP contribution in [0.2, 0.25) is 0 Å². The Morgan fingerprint density at radius 1 is 1.47 bits per heavy atom. The fourth-order valence-corrected chi connectivity index (χ4v) is 2.02. The van der Waals surface area contributed by atoms with Crippen LogP contribution in [-0.2, 0) is 0 Å². The van der Waals surface area contributed by atoms with E-state index in [-0.39, 0.29) is 12.0 Å². The van der Waals surface area contributed by atoms with Crippen LogP contribution in [0.1, 0.15) is 30.4 Å². The molecule has 15 heavy (non-hydrogen) atoms. The van der Waals surface area contributed by atoms with Gasteiger partial charge in [0.15, 0.2) is 0 Å². The predicted octanol–water partition coefficient (Wildman–Crippen LogP) is 2.58. The van der Waals surface area contributed by atoms with E-state index in [1.165, 1.54) is 11.1 Å². The minimum atomic E-state index is -0.297. The Kier molecular flexibility index (Phi) is 2.78. The number of benzene rings is 1. The summed E-state index contributed by atoms with van der Waals surface area (Å²) in [5.74, 6) is 0.978. The number of aliphatic hydroxyl groups is 1. The first kappa shape index (κ1) is 10.2. The molecule has 0 bridgehead atoms. The highest BCUT2D eigenvalue weighted by Gasteiger charge is 2.23. The van der Waals surface area contributed by atoms with Gasteiger partial charge in [0.25, 0.3) is 0 Å². The normalized spacial score (nSPS) is 20.1.